The highest BCUT2D eigenvalue weighted by molar-refractivity contribution is 7.80. The SMILES string of the molecule is Cc1c(Cl)cccc1-n1c(C)cc([C@H]2[C@H](c3ccccn3)NC(=S)N2Cc2ccco2)c1C. The summed E-state index contributed by atoms with van der Waals surface area (Å²) >= 11 is 12.3. The lowest BCUT2D eigenvalue weighted by Gasteiger charge is -2.27. The average Bonchev–Trinajstić information content (AvgIpc) is 3.51. The van der Waals surface area contributed by atoms with Crippen LogP contribution in [0.15, 0.2) is 71.5 Å². The number of thiocarbonyl (C=S) groups is 1. The van der Waals surface area contributed by atoms with Gasteiger partial charge in [-0.2, -0.15) is 0 Å². The van der Waals surface area contributed by atoms with Gasteiger partial charge < -0.3 is 19.2 Å². The van der Waals surface area contributed by atoms with Crippen molar-refractivity contribution in [2.75, 3.05) is 0 Å². The fraction of sp³-hybridized carbons (Fsp3) is 0.231. The monoisotopic (exact) mass is 476 g/mol. The number of hydrogen-bond donors (Lipinski definition) is 1. The van der Waals surface area contributed by atoms with E-state index in [1.165, 1.54) is 5.56 Å². The fourth-order valence-corrected chi connectivity index (χ4v) is 5.26. The second-order valence-electron chi connectivity index (χ2n) is 8.38. The van der Waals surface area contributed by atoms with Crippen molar-refractivity contribution in [3.63, 3.8) is 0 Å². The zero-order valence-electron chi connectivity index (χ0n) is 18.7. The summed E-state index contributed by atoms with van der Waals surface area (Å²) in [6.07, 6.45) is 3.52. The third kappa shape index (κ3) is 3.83. The zero-order chi connectivity index (χ0) is 23.1. The van der Waals surface area contributed by atoms with Gasteiger partial charge in [-0.1, -0.05) is 23.7 Å². The molecule has 0 bridgehead atoms. The lowest BCUT2D eigenvalue weighted by Crippen LogP contribution is -2.29. The number of aromatic nitrogens is 2. The highest BCUT2D eigenvalue weighted by atomic mass is 35.5. The highest BCUT2D eigenvalue weighted by Crippen LogP contribution is 2.42. The van der Waals surface area contributed by atoms with Crippen molar-refractivity contribution in [2.24, 2.45) is 0 Å². The topological polar surface area (TPSA) is 46.2 Å². The lowest BCUT2D eigenvalue weighted by atomic mass is 9.96. The van der Waals surface area contributed by atoms with Crippen molar-refractivity contribution < 1.29 is 4.42 Å². The van der Waals surface area contributed by atoms with Gasteiger partial charge in [0.2, 0.25) is 0 Å². The fourth-order valence-electron chi connectivity index (χ4n) is 4.78. The average molecular weight is 477 g/mol. The van der Waals surface area contributed by atoms with E-state index in [2.05, 4.69) is 52.7 Å². The van der Waals surface area contributed by atoms with Gasteiger partial charge in [0.1, 0.15) is 5.76 Å². The molecule has 1 saturated heterocycles. The Kier molecular flexibility index (Phi) is 5.72. The summed E-state index contributed by atoms with van der Waals surface area (Å²) in [5.74, 6) is 0.866. The summed E-state index contributed by atoms with van der Waals surface area (Å²) in [6.45, 7) is 6.92. The van der Waals surface area contributed by atoms with Crippen LogP contribution in [0.1, 0.15) is 46.1 Å². The molecule has 2 atom stereocenters. The van der Waals surface area contributed by atoms with E-state index in [1.54, 1.807) is 6.26 Å². The van der Waals surface area contributed by atoms with Crippen LogP contribution in [0.2, 0.25) is 5.02 Å². The first-order chi connectivity index (χ1) is 16.0. The predicted molar refractivity (Wildman–Crippen MR) is 135 cm³/mol. The Morgan fingerprint density at radius 3 is 2.67 bits per heavy atom. The number of halogens is 1. The normalized spacial score (nSPS) is 18.1. The Hall–Kier alpha value is -3.09. The molecule has 0 amide bonds. The van der Waals surface area contributed by atoms with Crippen LogP contribution >= 0.6 is 23.8 Å². The molecule has 4 aromatic rings. The number of aryl methyl sites for hydroxylation is 1. The molecule has 168 valence electrons. The number of pyridine rings is 1. The van der Waals surface area contributed by atoms with E-state index in [0.29, 0.717) is 11.7 Å². The minimum atomic E-state index is -0.0805. The summed E-state index contributed by atoms with van der Waals surface area (Å²) in [5, 5.41) is 4.97. The van der Waals surface area contributed by atoms with Crippen LogP contribution in [-0.4, -0.2) is 19.6 Å². The molecule has 1 aliphatic heterocycles. The molecule has 7 heteroatoms. The molecule has 33 heavy (non-hydrogen) atoms. The first-order valence-electron chi connectivity index (χ1n) is 10.9. The van der Waals surface area contributed by atoms with Crippen molar-refractivity contribution >= 4 is 28.9 Å². The summed E-state index contributed by atoms with van der Waals surface area (Å²) in [7, 11) is 0. The number of nitrogens with one attached hydrogen (secondary N) is 1. The van der Waals surface area contributed by atoms with Crippen LogP contribution in [0.3, 0.4) is 0 Å². The quantitative estimate of drug-likeness (QED) is 0.346. The highest BCUT2D eigenvalue weighted by Gasteiger charge is 2.41. The predicted octanol–water partition coefficient (Wildman–Crippen LogP) is 6.22. The first-order valence-corrected chi connectivity index (χ1v) is 11.7. The van der Waals surface area contributed by atoms with E-state index in [1.807, 2.05) is 48.7 Å². The Balaban J connectivity index is 1.65. The van der Waals surface area contributed by atoms with E-state index >= 15 is 0 Å². The zero-order valence-corrected chi connectivity index (χ0v) is 20.3. The molecule has 5 nitrogen and oxygen atoms in total. The van der Waals surface area contributed by atoms with Gasteiger partial charge in [-0.25, -0.2) is 0 Å². The Morgan fingerprint density at radius 1 is 1.09 bits per heavy atom. The van der Waals surface area contributed by atoms with Gasteiger partial charge in [0, 0.05) is 28.3 Å². The van der Waals surface area contributed by atoms with Crippen molar-refractivity contribution in [2.45, 2.75) is 39.4 Å². The van der Waals surface area contributed by atoms with E-state index in [0.717, 1.165) is 39.1 Å². The first kappa shape index (κ1) is 21.7. The summed E-state index contributed by atoms with van der Waals surface area (Å²) in [4.78, 5) is 6.85. The number of rotatable bonds is 5. The molecule has 0 unspecified atom stereocenters. The maximum atomic E-state index is 6.46. The molecule has 5 rings (SSSR count). The molecule has 1 N–H and O–H groups in total. The van der Waals surface area contributed by atoms with Crippen molar-refractivity contribution in [3.8, 4) is 5.69 Å². The number of nitrogens with zero attached hydrogens (tertiary/aromatic N) is 3. The summed E-state index contributed by atoms with van der Waals surface area (Å²) in [6, 6.07) is 18.0. The number of furan rings is 1. The van der Waals surface area contributed by atoms with E-state index in [-0.39, 0.29) is 12.1 Å². The largest absolute Gasteiger partial charge is 0.467 e. The summed E-state index contributed by atoms with van der Waals surface area (Å²) < 4.78 is 7.94. The van der Waals surface area contributed by atoms with Crippen LogP contribution in [0.5, 0.6) is 0 Å². The molecular weight excluding hydrogens is 452 g/mol. The van der Waals surface area contributed by atoms with E-state index in [9.17, 15) is 0 Å². The number of benzene rings is 1. The van der Waals surface area contributed by atoms with Gasteiger partial charge >= 0.3 is 0 Å². The van der Waals surface area contributed by atoms with Crippen LogP contribution < -0.4 is 5.32 Å². The molecule has 0 saturated carbocycles. The molecule has 1 aliphatic rings. The molecule has 1 aromatic carbocycles. The minimum absolute atomic E-state index is 0.0445. The smallest absolute Gasteiger partial charge is 0.170 e. The Bertz CT molecular complexity index is 1300. The molecule has 0 spiro atoms. The van der Waals surface area contributed by atoms with Crippen LogP contribution in [0.4, 0.5) is 0 Å². The van der Waals surface area contributed by atoms with Gasteiger partial charge in [-0.15, -0.1) is 0 Å². The second kappa shape index (κ2) is 8.69. The van der Waals surface area contributed by atoms with E-state index < -0.39 is 0 Å². The third-order valence-electron chi connectivity index (χ3n) is 6.37. The molecular formula is C26H25ClN4OS. The molecule has 0 aliphatic carbocycles. The van der Waals surface area contributed by atoms with Gasteiger partial charge in [-0.3, -0.25) is 4.98 Å². The molecule has 3 aromatic heterocycles. The van der Waals surface area contributed by atoms with Crippen molar-refractivity contribution in [1.82, 2.24) is 19.8 Å². The second-order valence-corrected chi connectivity index (χ2v) is 9.17. The van der Waals surface area contributed by atoms with Gasteiger partial charge in [0.15, 0.2) is 5.11 Å². The van der Waals surface area contributed by atoms with Gasteiger partial charge in [-0.05, 0) is 86.6 Å². The Labute approximate surface area is 204 Å². The van der Waals surface area contributed by atoms with Crippen LogP contribution in [0, 0.1) is 20.8 Å². The standard InChI is InChI=1S/C26H25ClN4OS/c1-16-14-20(18(3)31(16)23-11-6-9-21(27)17(23)2)25-24(22-10-4-5-12-28-22)29-26(33)30(25)15-19-8-7-13-32-19/h4-14,24-25H,15H2,1-3H3,(H,29,33)/t24-,25-/m0/s1. The molecule has 1 fully saturated rings. The van der Waals surface area contributed by atoms with Gasteiger partial charge in [0.25, 0.3) is 0 Å². The van der Waals surface area contributed by atoms with Gasteiger partial charge in [0.05, 0.1) is 30.6 Å². The maximum absolute atomic E-state index is 6.46. The third-order valence-corrected chi connectivity index (χ3v) is 7.13. The van der Waals surface area contributed by atoms with Crippen LogP contribution in [0.25, 0.3) is 5.69 Å². The minimum Gasteiger partial charge on any atom is -0.467 e. The Morgan fingerprint density at radius 2 is 1.94 bits per heavy atom. The van der Waals surface area contributed by atoms with Crippen molar-refractivity contribution in [3.05, 3.63) is 106 Å². The molecule has 0 radical (unpaired) electrons. The maximum Gasteiger partial charge on any atom is 0.170 e. The summed E-state index contributed by atoms with van der Waals surface area (Å²) in [5.41, 5.74) is 6.59. The van der Waals surface area contributed by atoms with Crippen molar-refractivity contribution in [1.29, 1.82) is 0 Å². The van der Waals surface area contributed by atoms with Crippen LogP contribution in [-0.2, 0) is 6.54 Å². The lowest BCUT2D eigenvalue weighted by molar-refractivity contribution is 0.286. The van der Waals surface area contributed by atoms with E-state index in [4.69, 9.17) is 28.2 Å². The number of hydrogen-bond acceptors (Lipinski definition) is 3. The molecule has 4 heterocycles.